The first kappa shape index (κ1) is 12.8. The molecule has 2 amide bonds. The van der Waals surface area contributed by atoms with E-state index in [0.717, 1.165) is 11.3 Å². The van der Waals surface area contributed by atoms with Crippen molar-refractivity contribution in [3.63, 3.8) is 0 Å². The molecule has 1 aromatic heterocycles. The average Bonchev–Trinajstić information content (AvgIpc) is 2.84. The quantitative estimate of drug-likeness (QED) is 0.855. The van der Waals surface area contributed by atoms with Gasteiger partial charge < -0.3 is 15.1 Å². The third kappa shape index (κ3) is 2.19. The number of carbonyl (C=O) groups excluding carboxylic acids is 1. The number of aliphatic hydroxyl groups is 1. The number of carboxylic acids is 1. The van der Waals surface area contributed by atoms with Gasteiger partial charge in [-0.15, -0.1) is 11.3 Å². The number of amides is 2. The molecule has 0 spiro atoms. The zero-order valence-electron chi connectivity index (χ0n) is 9.92. The Kier molecular flexibility index (Phi) is 3.53. The number of carbonyl (C=O) groups is 2. The Bertz CT molecular complexity index is 485. The lowest BCUT2D eigenvalue weighted by Crippen LogP contribution is -2.33. The summed E-state index contributed by atoms with van der Waals surface area (Å²) < 4.78 is 0. The lowest BCUT2D eigenvalue weighted by atomic mass is 10.3. The fourth-order valence-electron chi connectivity index (χ4n) is 1.93. The largest absolute Gasteiger partial charge is 0.477 e. The van der Waals surface area contributed by atoms with Crippen LogP contribution in [0.2, 0.25) is 0 Å². The number of β-amino-alcohol motifs (C(OH)–C–C–N with tert-alkyl or cyclic N) is 1. The van der Waals surface area contributed by atoms with Crippen LogP contribution in [-0.4, -0.2) is 53.4 Å². The van der Waals surface area contributed by atoms with Gasteiger partial charge in [0.25, 0.3) is 0 Å². The number of nitrogens with zero attached hydrogens (tertiary/aromatic N) is 2. The average molecular weight is 270 g/mol. The third-order valence-corrected chi connectivity index (χ3v) is 4.08. The van der Waals surface area contributed by atoms with Crippen molar-refractivity contribution in [3.8, 4) is 0 Å². The summed E-state index contributed by atoms with van der Waals surface area (Å²) in [6.45, 7) is 3.04. The number of hydrogen-bond donors (Lipinski definition) is 2. The number of anilines is 1. The van der Waals surface area contributed by atoms with E-state index in [9.17, 15) is 9.59 Å². The van der Waals surface area contributed by atoms with Crippen molar-refractivity contribution in [2.24, 2.45) is 0 Å². The smallest absolute Gasteiger partial charge is 0.346 e. The monoisotopic (exact) mass is 270 g/mol. The van der Waals surface area contributed by atoms with Gasteiger partial charge in [0.05, 0.1) is 6.61 Å². The van der Waals surface area contributed by atoms with Crippen molar-refractivity contribution >= 4 is 28.3 Å². The predicted octanol–water partition coefficient (Wildman–Crippen LogP) is 0.989. The van der Waals surface area contributed by atoms with Gasteiger partial charge in [0.15, 0.2) is 0 Å². The van der Waals surface area contributed by atoms with E-state index in [-0.39, 0.29) is 17.5 Å². The summed E-state index contributed by atoms with van der Waals surface area (Å²) in [5.41, 5.74) is 0.663. The molecule has 0 aliphatic carbocycles. The molecular weight excluding hydrogens is 256 g/mol. The van der Waals surface area contributed by atoms with E-state index in [1.807, 2.05) is 0 Å². The number of aliphatic hydroxyl groups excluding tert-OH is 1. The van der Waals surface area contributed by atoms with Gasteiger partial charge in [-0.1, -0.05) is 0 Å². The molecule has 2 N–H and O–H groups in total. The van der Waals surface area contributed by atoms with Crippen LogP contribution in [0.25, 0.3) is 0 Å². The van der Waals surface area contributed by atoms with Crippen LogP contribution < -0.4 is 4.90 Å². The highest BCUT2D eigenvalue weighted by atomic mass is 32.1. The van der Waals surface area contributed by atoms with Gasteiger partial charge >= 0.3 is 12.0 Å². The minimum atomic E-state index is -0.970. The molecule has 0 bridgehead atoms. The Balaban J connectivity index is 2.20. The molecule has 0 radical (unpaired) electrons. The lowest BCUT2D eigenvalue weighted by molar-refractivity contribution is 0.0701. The van der Waals surface area contributed by atoms with Gasteiger partial charge in [-0.25, -0.2) is 9.59 Å². The molecule has 1 aromatic rings. The second kappa shape index (κ2) is 4.95. The molecule has 1 saturated heterocycles. The summed E-state index contributed by atoms with van der Waals surface area (Å²) in [6, 6.07) is 1.54. The van der Waals surface area contributed by atoms with Crippen LogP contribution in [0.4, 0.5) is 9.80 Å². The van der Waals surface area contributed by atoms with Crippen LogP contribution in [0.1, 0.15) is 15.2 Å². The summed E-state index contributed by atoms with van der Waals surface area (Å²) in [5.74, 6) is -0.970. The van der Waals surface area contributed by atoms with E-state index in [4.69, 9.17) is 10.2 Å². The Hall–Kier alpha value is -1.60. The molecule has 1 aliphatic rings. The Labute approximate surface area is 108 Å². The van der Waals surface area contributed by atoms with Crippen molar-refractivity contribution in [3.05, 3.63) is 16.5 Å². The molecule has 2 heterocycles. The Morgan fingerprint density at radius 1 is 1.50 bits per heavy atom. The first-order valence-corrected chi connectivity index (χ1v) is 6.37. The second-order valence-electron chi connectivity index (χ2n) is 4.05. The SMILES string of the molecule is Cc1cc(N2CCN(CCO)C2=O)sc1C(=O)O. The maximum atomic E-state index is 12.0. The first-order chi connectivity index (χ1) is 8.54. The topological polar surface area (TPSA) is 81.1 Å². The molecular formula is C11H14N2O4S. The van der Waals surface area contributed by atoms with Crippen LogP contribution in [0.5, 0.6) is 0 Å². The molecule has 0 unspecified atom stereocenters. The fourth-order valence-corrected chi connectivity index (χ4v) is 2.96. The van der Waals surface area contributed by atoms with Crippen molar-refractivity contribution in [2.75, 3.05) is 31.1 Å². The Morgan fingerprint density at radius 2 is 2.22 bits per heavy atom. The molecule has 0 saturated carbocycles. The van der Waals surface area contributed by atoms with Gasteiger partial charge in [-0.05, 0) is 18.6 Å². The van der Waals surface area contributed by atoms with E-state index in [1.54, 1.807) is 22.8 Å². The van der Waals surface area contributed by atoms with Crippen LogP contribution in [0.15, 0.2) is 6.07 Å². The zero-order valence-corrected chi connectivity index (χ0v) is 10.7. The highest BCUT2D eigenvalue weighted by Crippen LogP contribution is 2.32. The van der Waals surface area contributed by atoms with Crippen LogP contribution in [0, 0.1) is 6.92 Å². The second-order valence-corrected chi connectivity index (χ2v) is 5.08. The number of carboxylic acid groups (broad SMARTS) is 1. The maximum absolute atomic E-state index is 12.0. The zero-order chi connectivity index (χ0) is 13.3. The number of hydrogen-bond acceptors (Lipinski definition) is 4. The summed E-state index contributed by atoms with van der Waals surface area (Å²) in [7, 11) is 0. The highest BCUT2D eigenvalue weighted by Gasteiger charge is 2.30. The molecule has 98 valence electrons. The van der Waals surface area contributed by atoms with E-state index >= 15 is 0 Å². The van der Waals surface area contributed by atoms with Crippen molar-refractivity contribution in [1.29, 1.82) is 0 Å². The van der Waals surface area contributed by atoms with Gasteiger partial charge in [0.1, 0.15) is 9.88 Å². The summed E-state index contributed by atoms with van der Waals surface area (Å²) in [5, 5.41) is 18.5. The minimum Gasteiger partial charge on any atom is -0.477 e. The number of urea groups is 1. The number of aryl methyl sites for hydroxylation is 1. The number of thiophene rings is 1. The highest BCUT2D eigenvalue weighted by molar-refractivity contribution is 7.18. The summed E-state index contributed by atoms with van der Waals surface area (Å²) in [6.07, 6.45) is 0. The van der Waals surface area contributed by atoms with Crippen LogP contribution in [0.3, 0.4) is 0 Å². The normalized spacial score (nSPS) is 15.6. The molecule has 1 aliphatic heterocycles. The minimum absolute atomic E-state index is 0.0660. The number of rotatable bonds is 4. The summed E-state index contributed by atoms with van der Waals surface area (Å²) in [4.78, 5) is 26.3. The Morgan fingerprint density at radius 3 is 2.78 bits per heavy atom. The molecule has 6 nitrogen and oxygen atoms in total. The predicted molar refractivity (Wildman–Crippen MR) is 67.4 cm³/mol. The lowest BCUT2D eigenvalue weighted by Gasteiger charge is -2.16. The molecule has 1 fully saturated rings. The van der Waals surface area contributed by atoms with Crippen molar-refractivity contribution in [2.45, 2.75) is 6.92 Å². The summed E-state index contributed by atoms with van der Waals surface area (Å²) >= 11 is 1.11. The van der Waals surface area contributed by atoms with E-state index in [0.29, 0.717) is 30.2 Å². The first-order valence-electron chi connectivity index (χ1n) is 5.55. The molecule has 2 rings (SSSR count). The maximum Gasteiger partial charge on any atom is 0.346 e. The fraction of sp³-hybridized carbons (Fsp3) is 0.455. The number of aromatic carboxylic acids is 1. The van der Waals surface area contributed by atoms with Crippen LogP contribution >= 0.6 is 11.3 Å². The molecule has 0 aromatic carbocycles. The van der Waals surface area contributed by atoms with Gasteiger partial charge in [0, 0.05) is 19.6 Å². The standard InChI is InChI=1S/C11H14N2O4S/c1-7-6-8(18-9(7)10(15)16)13-3-2-12(4-5-14)11(13)17/h6,14H,2-5H2,1H3,(H,15,16). The van der Waals surface area contributed by atoms with Crippen LogP contribution in [-0.2, 0) is 0 Å². The van der Waals surface area contributed by atoms with E-state index in [1.165, 1.54) is 0 Å². The third-order valence-electron chi connectivity index (χ3n) is 2.83. The molecule has 18 heavy (non-hydrogen) atoms. The van der Waals surface area contributed by atoms with Gasteiger partial charge in [0.2, 0.25) is 0 Å². The molecule has 7 heteroatoms. The van der Waals surface area contributed by atoms with Gasteiger partial charge in [-0.3, -0.25) is 4.90 Å². The van der Waals surface area contributed by atoms with Crippen molar-refractivity contribution in [1.82, 2.24) is 4.90 Å². The van der Waals surface area contributed by atoms with Gasteiger partial charge in [-0.2, -0.15) is 0 Å². The van der Waals surface area contributed by atoms with E-state index < -0.39 is 5.97 Å². The molecule has 0 atom stereocenters. The van der Waals surface area contributed by atoms with E-state index in [2.05, 4.69) is 0 Å². The van der Waals surface area contributed by atoms with Crippen molar-refractivity contribution < 1.29 is 19.8 Å².